The van der Waals surface area contributed by atoms with Crippen LogP contribution < -0.4 is 5.32 Å². The molecule has 0 aliphatic heterocycles. The molecule has 4 aromatic rings. The largest absolute Gasteiger partial charge is 0.480 e. The molecule has 4 N–H and O–H groups in total. The third kappa shape index (κ3) is 7.04. The summed E-state index contributed by atoms with van der Waals surface area (Å²) in [5, 5.41) is 31.8. The number of alkyl halides is 3. The van der Waals surface area contributed by atoms with Gasteiger partial charge in [0.05, 0.1) is 23.2 Å². The van der Waals surface area contributed by atoms with Gasteiger partial charge in [-0.25, -0.2) is 4.79 Å². The van der Waals surface area contributed by atoms with Gasteiger partial charge in [0.15, 0.2) is 0 Å². The number of rotatable bonds is 11. The predicted molar refractivity (Wildman–Crippen MR) is 156 cm³/mol. The van der Waals surface area contributed by atoms with E-state index in [9.17, 15) is 52.5 Å². The molecule has 4 aromatic carbocycles. The van der Waals surface area contributed by atoms with Gasteiger partial charge in [-0.1, -0.05) is 66.7 Å². The monoisotopic (exact) mass is 635 g/mol. The molecule has 0 aliphatic carbocycles. The summed E-state index contributed by atoms with van der Waals surface area (Å²) in [5.41, 5.74) is -3.41. The number of aromatic carboxylic acids is 1. The normalized spacial score (nSPS) is 11.4. The second-order valence-corrected chi connectivity index (χ2v) is 9.98. The molecule has 0 bridgehead atoms. The lowest BCUT2D eigenvalue weighted by Gasteiger charge is -2.25. The number of ether oxygens (including phenoxy) is 1. The molecule has 0 aromatic heterocycles. The number of benzene rings is 4. The van der Waals surface area contributed by atoms with Crippen LogP contribution >= 0.6 is 0 Å². The van der Waals surface area contributed by atoms with Crippen molar-refractivity contribution in [1.82, 2.24) is 0 Å². The van der Waals surface area contributed by atoms with Gasteiger partial charge in [-0.15, -0.1) is 0 Å². The highest BCUT2D eigenvalue weighted by Crippen LogP contribution is 2.32. The molecule has 4 rings (SSSR count). The van der Waals surface area contributed by atoms with Crippen molar-refractivity contribution in [2.24, 2.45) is 0 Å². The smallest absolute Gasteiger partial charge is 0.416 e. The minimum atomic E-state index is -4.55. The fraction of sp³-hybridized carbons (Fsp3) is 0.121. The molecule has 0 unspecified atom stereocenters. The highest BCUT2D eigenvalue weighted by atomic mass is 19.4. The van der Waals surface area contributed by atoms with E-state index in [0.717, 1.165) is 18.2 Å². The van der Waals surface area contributed by atoms with Crippen LogP contribution in [0, 0.1) is 0 Å². The van der Waals surface area contributed by atoms with Crippen LogP contribution in [0.25, 0.3) is 11.1 Å². The first-order valence-electron chi connectivity index (χ1n) is 13.4. The number of carbonyl (C=O) groups is 5. The van der Waals surface area contributed by atoms with Crippen LogP contribution in [0.3, 0.4) is 0 Å². The molecule has 46 heavy (non-hydrogen) atoms. The zero-order valence-corrected chi connectivity index (χ0v) is 23.6. The van der Waals surface area contributed by atoms with Gasteiger partial charge >= 0.3 is 30.1 Å². The molecule has 0 heterocycles. The minimum absolute atomic E-state index is 0.0463. The van der Waals surface area contributed by atoms with Crippen molar-refractivity contribution in [2.45, 2.75) is 18.0 Å². The number of halogens is 3. The minimum Gasteiger partial charge on any atom is -0.480 e. The van der Waals surface area contributed by atoms with Gasteiger partial charge in [0.2, 0.25) is 5.41 Å². The van der Waals surface area contributed by atoms with Gasteiger partial charge in [-0.2, -0.15) is 13.2 Å². The molecule has 10 nitrogen and oxygen atoms in total. The molecule has 0 saturated carbocycles. The first-order valence-corrected chi connectivity index (χ1v) is 13.4. The number of hydrogen-bond donors (Lipinski definition) is 4. The molecule has 0 saturated heterocycles. The lowest BCUT2D eigenvalue weighted by atomic mass is 9.81. The van der Waals surface area contributed by atoms with Crippen LogP contribution in [0.1, 0.15) is 37.4 Å². The number of esters is 1. The summed E-state index contributed by atoms with van der Waals surface area (Å²) in [7, 11) is 0. The summed E-state index contributed by atoms with van der Waals surface area (Å²) >= 11 is 0. The van der Waals surface area contributed by atoms with Crippen molar-refractivity contribution >= 4 is 35.5 Å². The van der Waals surface area contributed by atoms with E-state index < -0.39 is 65.5 Å². The second kappa shape index (κ2) is 13.3. The first-order chi connectivity index (χ1) is 21.7. The van der Waals surface area contributed by atoms with Crippen LogP contribution in [0.4, 0.5) is 18.9 Å². The molecule has 1 amide bonds. The molecule has 0 radical (unpaired) electrons. The number of nitrogens with one attached hydrogen (secondary N) is 1. The predicted octanol–water partition coefficient (Wildman–Crippen LogP) is 5.52. The van der Waals surface area contributed by atoms with Crippen LogP contribution in [0.15, 0.2) is 97.1 Å². The Morgan fingerprint density at radius 1 is 0.696 bits per heavy atom. The Hall–Kier alpha value is -5.98. The maximum atomic E-state index is 13.2. The maximum Gasteiger partial charge on any atom is 0.416 e. The Morgan fingerprint density at radius 2 is 1.30 bits per heavy atom. The van der Waals surface area contributed by atoms with Gasteiger partial charge in [0.25, 0.3) is 5.91 Å². The van der Waals surface area contributed by atoms with E-state index in [4.69, 9.17) is 4.74 Å². The van der Waals surface area contributed by atoms with Crippen molar-refractivity contribution < 1.29 is 57.2 Å². The molecule has 0 atom stereocenters. The van der Waals surface area contributed by atoms with Gasteiger partial charge in [0.1, 0.15) is 6.61 Å². The number of carbonyl (C=O) groups excluding carboxylic acids is 2. The summed E-state index contributed by atoms with van der Waals surface area (Å²) in [6.07, 6.45) is -5.11. The average molecular weight is 636 g/mol. The first kappa shape index (κ1) is 32.9. The summed E-state index contributed by atoms with van der Waals surface area (Å²) in [5.74, 6) is -6.79. The molecular formula is C33H24F3NO9. The molecule has 13 heteroatoms. The van der Waals surface area contributed by atoms with E-state index in [1.54, 1.807) is 12.1 Å². The van der Waals surface area contributed by atoms with Gasteiger partial charge in [-0.05, 0) is 52.6 Å². The van der Waals surface area contributed by atoms with Gasteiger partial charge in [0, 0.05) is 5.56 Å². The third-order valence-electron chi connectivity index (χ3n) is 7.05. The molecule has 0 spiro atoms. The standard InChI is InChI=1S/C33H24F3NO9/c34-33(35,36)22-13-11-20(12-14-22)23-8-4-5-9-24(23)28(39)37-26-15-10-19(16-25(26)29(40)41)17-27(38)46-18-32(30(42)43,31(44)45)21-6-2-1-3-7-21/h1-16H,17-18H2,(H,37,39)(H,40,41)(H,42,43)(H,44,45). The van der Waals surface area contributed by atoms with Crippen LogP contribution in [0.5, 0.6) is 0 Å². The summed E-state index contributed by atoms with van der Waals surface area (Å²) in [6, 6.07) is 20.8. The molecule has 236 valence electrons. The van der Waals surface area contributed by atoms with Crippen LogP contribution in [0.2, 0.25) is 0 Å². The molecule has 0 fully saturated rings. The molecular weight excluding hydrogens is 611 g/mol. The van der Waals surface area contributed by atoms with Crippen molar-refractivity contribution in [3.8, 4) is 11.1 Å². The lowest BCUT2D eigenvalue weighted by molar-refractivity contribution is -0.164. The van der Waals surface area contributed by atoms with E-state index in [1.807, 2.05) is 0 Å². The lowest BCUT2D eigenvalue weighted by Crippen LogP contribution is -2.48. The number of hydrogen-bond acceptors (Lipinski definition) is 6. The third-order valence-corrected chi connectivity index (χ3v) is 7.05. The number of carboxylic acids is 3. The topological polar surface area (TPSA) is 167 Å². The van der Waals surface area contributed by atoms with Crippen molar-refractivity contribution in [2.75, 3.05) is 11.9 Å². The number of aliphatic carboxylic acids is 2. The van der Waals surface area contributed by atoms with E-state index in [0.29, 0.717) is 11.1 Å². The van der Waals surface area contributed by atoms with Crippen LogP contribution in [-0.2, 0) is 37.1 Å². The van der Waals surface area contributed by atoms with E-state index in [-0.39, 0.29) is 22.4 Å². The zero-order chi connectivity index (χ0) is 33.6. The van der Waals surface area contributed by atoms with E-state index in [1.165, 1.54) is 66.7 Å². The van der Waals surface area contributed by atoms with Crippen LogP contribution in [-0.4, -0.2) is 51.7 Å². The fourth-order valence-electron chi connectivity index (χ4n) is 4.62. The second-order valence-electron chi connectivity index (χ2n) is 9.98. The maximum absolute atomic E-state index is 13.2. The Balaban J connectivity index is 1.52. The number of amides is 1. The quantitative estimate of drug-likeness (QED) is 0.123. The number of anilines is 1. The van der Waals surface area contributed by atoms with Gasteiger partial charge < -0.3 is 25.4 Å². The van der Waals surface area contributed by atoms with Crippen molar-refractivity contribution in [1.29, 1.82) is 0 Å². The van der Waals surface area contributed by atoms with E-state index >= 15 is 0 Å². The highest BCUT2D eigenvalue weighted by Gasteiger charge is 2.50. The Morgan fingerprint density at radius 3 is 1.89 bits per heavy atom. The Labute approximate surface area is 258 Å². The van der Waals surface area contributed by atoms with E-state index in [2.05, 4.69) is 5.32 Å². The zero-order valence-electron chi connectivity index (χ0n) is 23.6. The van der Waals surface area contributed by atoms with Gasteiger partial charge in [-0.3, -0.25) is 19.2 Å². The number of carboxylic acid groups (broad SMARTS) is 3. The Kier molecular flexibility index (Phi) is 9.55. The van der Waals surface area contributed by atoms with Crippen molar-refractivity contribution in [3.63, 3.8) is 0 Å². The molecule has 0 aliphatic rings. The summed E-state index contributed by atoms with van der Waals surface area (Å²) in [6.45, 7) is -1.04. The fourth-order valence-corrected chi connectivity index (χ4v) is 4.62. The summed E-state index contributed by atoms with van der Waals surface area (Å²) in [4.78, 5) is 61.9. The highest BCUT2D eigenvalue weighted by molar-refractivity contribution is 6.11. The average Bonchev–Trinajstić information content (AvgIpc) is 3.02. The summed E-state index contributed by atoms with van der Waals surface area (Å²) < 4.78 is 44.0. The van der Waals surface area contributed by atoms with Crippen molar-refractivity contribution in [3.05, 3.63) is 125 Å². The Bertz CT molecular complexity index is 1790. The SMILES string of the molecule is O=C(Cc1ccc(NC(=O)c2ccccc2-c2ccc(C(F)(F)F)cc2)c(C(=O)O)c1)OCC(C(=O)O)(C(=O)O)c1ccccc1.